The van der Waals surface area contributed by atoms with Gasteiger partial charge in [-0.15, -0.1) is 0 Å². The Balaban J connectivity index is 2.54. The molecule has 0 saturated heterocycles. The Morgan fingerprint density at radius 1 is 1.57 bits per heavy atom. The van der Waals surface area contributed by atoms with Crippen LogP contribution in [0.2, 0.25) is 0 Å². The van der Waals surface area contributed by atoms with Gasteiger partial charge < -0.3 is 0 Å². The fourth-order valence-electron chi connectivity index (χ4n) is 1.95. The summed E-state index contributed by atoms with van der Waals surface area (Å²) >= 11 is 0. The van der Waals surface area contributed by atoms with Crippen LogP contribution >= 0.6 is 0 Å². The molecule has 0 aromatic carbocycles. The van der Waals surface area contributed by atoms with Crippen LogP contribution < -0.4 is 0 Å². The van der Waals surface area contributed by atoms with E-state index in [9.17, 15) is 4.79 Å². The first-order valence-electron chi connectivity index (χ1n) is 5.42. The van der Waals surface area contributed by atoms with Crippen molar-refractivity contribution >= 4 is 6.29 Å². The number of allylic oxidation sites excluding steroid dienone is 4. The van der Waals surface area contributed by atoms with Gasteiger partial charge in [-0.2, -0.15) is 0 Å². The second-order valence-corrected chi connectivity index (χ2v) is 4.64. The summed E-state index contributed by atoms with van der Waals surface area (Å²) in [6.07, 6.45) is 10.7. The molecule has 0 aliphatic heterocycles. The van der Waals surface area contributed by atoms with E-state index in [2.05, 4.69) is 32.1 Å². The molecule has 0 aromatic rings. The number of aldehydes is 1. The van der Waals surface area contributed by atoms with Crippen molar-refractivity contribution in [1.82, 2.24) is 0 Å². The Hall–Kier alpha value is -0.850. The minimum Gasteiger partial charge on any atom is -0.298 e. The molecule has 78 valence electrons. The molecule has 0 aromatic heterocycles. The molecule has 0 fully saturated rings. The lowest BCUT2D eigenvalue weighted by Gasteiger charge is -2.25. The first-order chi connectivity index (χ1) is 6.60. The quantitative estimate of drug-likeness (QED) is 0.378. The minimum atomic E-state index is 0.304. The zero-order valence-electron chi connectivity index (χ0n) is 9.42. The highest BCUT2D eigenvalue weighted by molar-refractivity contribution is 5.72. The largest absolute Gasteiger partial charge is 0.298 e. The maximum Gasteiger partial charge on any atom is 0.145 e. The normalized spacial score (nSPS) is 25.4. The molecule has 1 unspecified atom stereocenters. The third-order valence-electron chi connectivity index (χ3n) is 3.24. The lowest BCUT2D eigenvalue weighted by Crippen LogP contribution is -2.16. The molecule has 0 bridgehead atoms. The lowest BCUT2D eigenvalue weighted by atomic mass is 9.80. The van der Waals surface area contributed by atoms with E-state index >= 15 is 0 Å². The standard InChI is InChI=1S/C13H20O/c1-4-11(10-14)7-8-12-6-5-9-13(12,2)3/h5,7,9-10,12H,4,6,8H2,1-3H3/b11-7-. The third-order valence-corrected chi connectivity index (χ3v) is 3.24. The maximum atomic E-state index is 10.6. The van der Waals surface area contributed by atoms with Gasteiger partial charge in [0.2, 0.25) is 0 Å². The fraction of sp³-hybridized carbons (Fsp3) is 0.615. The summed E-state index contributed by atoms with van der Waals surface area (Å²) in [5, 5.41) is 0. The predicted octanol–water partition coefficient (Wildman–Crippen LogP) is 3.51. The van der Waals surface area contributed by atoms with E-state index in [0.717, 1.165) is 31.1 Å². The molecule has 1 aliphatic rings. The predicted molar refractivity (Wildman–Crippen MR) is 60.1 cm³/mol. The summed E-state index contributed by atoms with van der Waals surface area (Å²) in [5.74, 6) is 0.670. The highest BCUT2D eigenvalue weighted by atomic mass is 16.1. The van der Waals surface area contributed by atoms with E-state index in [1.165, 1.54) is 0 Å². The summed E-state index contributed by atoms with van der Waals surface area (Å²) < 4.78 is 0. The zero-order chi connectivity index (χ0) is 10.6. The van der Waals surface area contributed by atoms with E-state index in [4.69, 9.17) is 0 Å². The van der Waals surface area contributed by atoms with Crippen molar-refractivity contribution in [3.63, 3.8) is 0 Å². The second kappa shape index (κ2) is 4.59. The molecule has 1 heteroatoms. The summed E-state index contributed by atoms with van der Waals surface area (Å²) in [6.45, 7) is 6.56. The fourth-order valence-corrected chi connectivity index (χ4v) is 1.95. The molecule has 1 nitrogen and oxygen atoms in total. The van der Waals surface area contributed by atoms with Crippen LogP contribution in [0.25, 0.3) is 0 Å². The summed E-state index contributed by atoms with van der Waals surface area (Å²) in [5.41, 5.74) is 1.24. The van der Waals surface area contributed by atoms with Crippen molar-refractivity contribution in [3.05, 3.63) is 23.8 Å². The Labute approximate surface area is 86.9 Å². The molecular weight excluding hydrogens is 172 g/mol. The monoisotopic (exact) mass is 192 g/mol. The van der Waals surface area contributed by atoms with Gasteiger partial charge >= 0.3 is 0 Å². The minimum absolute atomic E-state index is 0.304. The number of carbonyl (C=O) groups excluding carboxylic acids is 1. The average Bonchev–Trinajstić information content (AvgIpc) is 2.47. The molecular formula is C13H20O. The van der Waals surface area contributed by atoms with Crippen LogP contribution in [0, 0.1) is 11.3 Å². The van der Waals surface area contributed by atoms with Gasteiger partial charge in [0, 0.05) is 0 Å². The zero-order valence-corrected chi connectivity index (χ0v) is 9.42. The molecule has 1 atom stereocenters. The first-order valence-corrected chi connectivity index (χ1v) is 5.42. The maximum absolute atomic E-state index is 10.6. The smallest absolute Gasteiger partial charge is 0.145 e. The molecule has 0 saturated carbocycles. The van der Waals surface area contributed by atoms with Crippen LogP contribution in [0.5, 0.6) is 0 Å². The Morgan fingerprint density at radius 2 is 2.29 bits per heavy atom. The van der Waals surface area contributed by atoms with Gasteiger partial charge in [-0.25, -0.2) is 0 Å². The van der Waals surface area contributed by atoms with Crippen LogP contribution in [-0.2, 0) is 4.79 Å². The van der Waals surface area contributed by atoms with E-state index in [1.807, 2.05) is 6.92 Å². The lowest BCUT2D eigenvalue weighted by molar-refractivity contribution is -0.105. The molecule has 0 N–H and O–H groups in total. The summed E-state index contributed by atoms with van der Waals surface area (Å²) in [4.78, 5) is 10.6. The Morgan fingerprint density at radius 3 is 2.71 bits per heavy atom. The Bertz CT molecular complexity index is 258. The highest BCUT2D eigenvalue weighted by Gasteiger charge is 2.28. The molecule has 0 heterocycles. The van der Waals surface area contributed by atoms with Gasteiger partial charge in [0.25, 0.3) is 0 Å². The van der Waals surface area contributed by atoms with Gasteiger partial charge in [-0.3, -0.25) is 4.79 Å². The van der Waals surface area contributed by atoms with Gasteiger partial charge in [-0.05, 0) is 36.2 Å². The highest BCUT2D eigenvalue weighted by Crippen LogP contribution is 2.39. The molecule has 1 rings (SSSR count). The molecule has 0 spiro atoms. The first kappa shape index (κ1) is 11.2. The van der Waals surface area contributed by atoms with Crippen molar-refractivity contribution in [2.75, 3.05) is 0 Å². The third kappa shape index (κ3) is 2.57. The number of hydrogen-bond donors (Lipinski definition) is 0. The van der Waals surface area contributed by atoms with Crippen molar-refractivity contribution < 1.29 is 4.79 Å². The molecule has 14 heavy (non-hydrogen) atoms. The topological polar surface area (TPSA) is 17.1 Å². The molecule has 1 aliphatic carbocycles. The van der Waals surface area contributed by atoms with Gasteiger partial charge in [0.05, 0.1) is 0 Å². The molecule has 0 radical (unpaired) electrons. The van der Waals surface area contributed by atoms with Crippen molar-refractivity contribution in [2.24, 2.45) is 11.3 Å². The van der Waals surface area contributed by atoms with E-state index in [0.29, 0.717) is 11.3 Å². The number of carbonyl (C=O) groups is 1. The Kier molecular flexibility index (Phi) is 3.68. The van der Waals surface area contributed by atoms with E-state index in [1.54, 1.807) is 0 Å². The van der Waals surface area contributed by atoms with Crippen LogP contribution in [0.4, 0.5) is 0 Å². The van der Waals surface area contributed by atoms with Gasteiger partial charge in [0.1, 0.15) is 6.29 Å². The van der Waals surface area contributed by atoms with Crippen LogP contribution in [0.15, 0.2) is 23.8 Å². The second-order valence-electron chi connectivity index (χ2n) is 4.64. The average molecular weight is 192 g/mol. The number of rotatable bonds is 4. The van der Waals surface area contributed by atoms with Gasteiger partial charge in [0.15, 0.2) is 0 Å². The number of hydrogen-bond acceptors (Lipinski definition) is 1. The SMILES string of the molecule is CC/C(C=O)=C/CC1CC=CC1(C)C. The van der Waals surface area contributed by atoms with E-state index in [-0.39, 0.29) is 0 Å². The summed E-state index contributed by atoms with van der Waals surface area (Å²) in [6, 6.07) is 0. The van der Waals surface area contributed by atoms with Crippen molar-refractivity contribution in [1.29, 1.82) is 0 Å². The summed E-state index contributed by atoms with van der Waals surface area (Å²) in [7, 11) is 0. The van der Waals surface area contributed by atoms with Crippen molar-refractivity contribution in [2.45, 2.75) is 40.0 Å². The van der Waals surface area contributed by atoms with E-state index < -0.39 is 0 Å². The molecule has 0 amide bonds. The van der Waals surface area contributed by atoms with Gasteiger partial charge in [-0.1, -0.05) is 39.0 Å². The van der Waals surface area contributed by atoms with Crippen LogP contribution in [0.1, 0.15) is 40.0 Å². The van der Waals surface area contributed by atoms with Crippen molar-refractivity contribution in [3.8, 4) is 0 Å². The van der Waals surface area contributed by atoms with Crippen LogP contribution in [-0.4, -0.2) is 6.29 Å². The van der Waals surface area contributed by atoms with Crippen LogP contribution in [0.3, 0.4) is 0 Å².